The van der Waals surface area contributed by atoms with Gasteiger partial charge in [0.25, 0.3) is 11.6 Å². The van der Waals surface area contributed by atoms with Crippen LogP contribution in [0.4, 0.5) is 5.69 Å². The molecule has 1 aromatic rings. The first-order valence-corrected chi connectivity index (χ1v) is 7.81. The fraction of sp³-hybridized carbons (Fsp3) is 0.500. The van der Waals surface area contributed by atoms with E-state index in [2.05, 4.69) is 21.2 Å². The molecule has 1 aromatic carbocycles. The number of nitrogens with zero attached hydrogens (tertiary/aromatic N) is 1. The topological polar surface area (TPSA) is 72.2 Å². The summed E-state index contributed by atoms with van der Waals surface area (Å²) in [4.78, 5) is 22.4. The first kappa shape index (κ1) is 15.0. The number of benzene rings is 1. The van der Waals surface area contributed by atoms with Gasteiger partial charge in [-0.2, -0.15) is 0 Å². The number of halogens is 1. The van der Waals surface area contributed by atoms with Crippen molar-refractivity contribution in [3.05, 3.63) is 39.9 Å². The molecule has 1 saturated carbocycles. The number of amides is 1. The zero-order chi connectivity index (χ0) is 14.6. The molecule has 0 spiro atoms. The van der Waals surface area contributed by atoms with E-state index in [1.807, 2.05) is 0 Å². The molecular formula is C14H17BrN2O3. The van der Waals surface area contributed by atoms with Crippen molar-refractivity contribution < 1.29 is 9.72 Å². The van der Waals surface area contributed by atoms with Crippen LogP contribution in [0.2, 0.25) is 0 Å². The standard InChI is InChI=1S/C14H17BrN2O3/c15-10-14(8-2-1-3-9-14)16-13(18)11-4-6-12(7-5-11)17(19)20/h4-7H,1-3,8-10H2,(H,16,18). The highest BCUT2D eigenvalue weighted by Crippen LogP contribution is 2.30. The molecule has 1 N–H and O–H groups in total. The van der Waals surface area contributed by atoms with Gasteiger partial charge in [0.15, 0.2) is 0 Å². The molecule has 20 heavy (non-hydrogen) atoms. The quantitative estimate of drug-likeness (QED) is 0.518. The number of nitro groups is 1. The third kappa shape index (κ3) is 3.36. The molecule has 0 aromatic heterocycles. The number of hydrogen-bond donors (Lipinski definition) is 1. The van der Waals surface area contributed by atoms with Gasteiger partial charge in [0.05, 0.1) is 10.5 Å². The third-order valence-corrected chi connectivity index (χ3v) is 4.86. The number of carbonyl (C=O) groups excluding carboxylic acids is 1. The van der Waals surface area contributed by atoms with E-state index in [0.29, 0.717) is 5.56 Å². The second-order valence-corrected chi connectivity index (χ2v) is 5.79. The predicted octanol–water partition coefficient (Wildman–Crippen LogP) is 3.42. The second-order valence-electron chi connectivity index (χ2n) is 5.23. The number of carbonyl (C=O) groups is 1. The molecule has 0 bridgehead atoms. The maximum absolute atomic E-state index is 12.3. The Labute approximate surface area is 126 Å². The SMILES string of the molecule is O=C(NC1(CBr)CCCCC1)c1ccc([N+](=O)[O-])cc1. The molecule has 6 heteroatoms. The van der Waals surface area contributed by atoms with Gasteiger partial charge in [-0.3, -0.25) is 14.9 Å². The summed E-state index contributed by atoms with van der Waals surface area (Å²) < 4.78 is 0. The van der Waals surface area contributed by atoms with Crippen LogP contribution in [0.1, 0.15) is 42.5 Å². The molecule has 0 aliphatic heterocycles. The van der Waals surface area contributed by atoms with Gasteiger partial charge in [-0.05, 0) is 25.0 Å². The summed E-state index contributed by atoms with van der Waals surface area (Å²) in [5.41, 5.74) is 0.271. The van der Waals surface area contributed by atoms with Gasteiger partial charge in [-0.25, -0.2) is 0 Å². The largest absolute Gasteiger partial charge is 0.346 e. The molecule has 0 radical (unpaired) electrons. The minimum atomic E-state index is -0.469. The van der Waals surface area contributed by atoms with E-state index in [4.69, 9.17) is 0 Å². The first-order valence-electron chi connectivity index (χ1n) is 6.69. The lowest BCUT2D eigenvalue weighted by Gasteiger charge is -2.36. The smallest absolute Gasteiger partial charge is 0.269 e. The van der Waals surface area contributed by atoms with Gasteiger partial charge in [0, 0.05) is 23.0 Å². The molecule has 1 aliphatic rings. The second kappa shape index (κ2) is 6.35. The third-order valence-electron chi connectivity index (χ3n) is 3.79. The van der Waals surface area contributed by atoms with Crippen LogP contribution in [0, 0.1) is 10.1 Å². The highest BCUT2D eigenvalue weighted by atomic mass is 79.9. The van der Waals surface area contributed by atoms with E-state index >= 15 is 0 Å². The molecule has 0 saturated heterocycles. The van der Waals surface area contributed by atoms with Crippen LogP contribution in [0.5, 0.6) is 0 Å². The Hall–Kier alpha value is -1.43. The predicted molar refractivity (Wildman–Crippen MR) is 80.2 cm³/mol. The summed E-state index contributed by atoms with van der Waals surface area (Å²) in [7, 11) is 0. The average molecular weight is 341 g/mol. The van der Waals surface area contributed by atoms with Gasteiger partial charge in [-0.15, -0.1) is 0 Å². The summed E-state index contributed by atoms with van der Waals surface area (Å²) in [6.07, 6.45) is 5.38. The lowest BCUT2D eigenvalue weighted by molar-refractivity contribution is -0.384. The van der Waals surface area contributed by atoms with Gasteiger partial charge in [-0.1, -0.05) is 35.2 Å². The van der Waals surface area contributed by atoms with Crippen LogP contribution in [0.25, 0.3) is 0 Å². The molecule has 1 fully saturated rings. The number of nitrogens with one attached hydrogen (secondary N) is 1. The minimum Gasteiger partial charge on any atom is -0.346 e. The van der Waals surface area contributed by atoms with E-state index in [9.17, 15) is 14.9 Å². The fourth-order valence-electron chi connectivity index (χ4n) is 2.57. The monoisotopic (exact) mass is 340 g/mol. The van der Waals surface area contributed by atoms with Gasteiger partial charge < -0.3 is 5.32 Å². The maximum Gasteiger partial charge on any atom is 0.269 e. The van der Waals surface area contributed by atoms with Crippen molar-refractivity contribution in [2.45, 2.75) is 37.6 Å². The van der Waals surface area contributed by atoms with Crippen molar-refractivity contribution in [2.24, 2.45) is 0 Å². The van der Waals surface area contributed by atoms with Gasteiger partial charge in [0.2, 0.25) is 0 Å². The lowest BCUT2D eigenvalue weighted by atomic mass is 9.83. The highest BCUT2D eigenvalue weighted by Gasteiger charge is 2.32. The molecule has 5 nitrogen and oxygen atoms in total. The number of alkyl halides is 1. The van der Waals surface area contributed by atoms with Crippen molar-refractivity contribution in [2.75, 3.05) is 5.33 Å². The van der Waals surface area contributed by atoms with E-state index < -0.39 is 4.92 Å². The summed E-state index contributed by atoms with van der Waals surface area (Å²) in [6, 6.07) is 5.71. The Morgan fingerprint density at radius 2 is 1.85 bits per heavy atom. The number of rotatable bonds is 4. The van der Waals surface area contributed by atoms with Crippen molar-refractivity contribution in [3.63, 3.8) is 0 Å². The number of non-ortho nitro benzene ring substituents is 1. The Morgan fingerprint density at radius 3 is 2.35 bits per heavy atom. The van der Waals surface area contributed by atoms with Gasteiger partial charge in [0.1, 0.15) is 0 Å². The summed E-state index contributed by atoms with van der Waals surface area (Å²) in [5, 5.41) is 14.4. The zero-order valence-electron chi connectivity index (χ0n) is 11.1. The number of hydrogen-bond acceptors (Lipinski definition) is 3. The van der Waals surface area contributed by atoms with Crippen molar-refractivity contribution in [1.82, 2.24) is 5.32 Å². The zero-order valence-corrected chi connectivity index (χ0v) is 12.7. The van der Waals surface area contributed by atoms with E-state index in [1.165, 1.54) is 30.7 Å². The minimum absolute atomic E-state index is 0.00517. The number of nitro benzene ring substituents is 1. The Kier molecular flexibility index (Phi) is 4.75. The van der Waals surface area contributed by atoms with E-state index in [0.717, 1.165) is 31.0 Å². The van der Waals surface area contributed by atoms with Gasteiger partial charge >= 0.3 is 0 Å². The fourth-order valence-corrected chi connectivity index (χ4v) is 3.27. The van der Waals surface area contributed by atoms with Crippen molar-refractivity contribution in [3.8, 4) is 0 Å². The molecule has 1 amide bonds. The van der Waals surface area contributed by atoms with Crippen LogP contribution >= 0.6 is 15.9 Å². The van der Waals surface area contributed by atoms with Crippen LogP contribution in [-0.2, 0) is 0 Å². The lowest BCUT2D eigenvalue weighted by Crippen LogP contribution is -2.51. The molecule has 0 unspecified atom stereocenters. The normalized spacial score (nSPS) is 17.4. The summed E-state index contributed by atoms with van der Waals surface area (Å²) >= 11 is 3.50. The van der Waals surface area contributed by atoms with Crippen molar-refractivity contribution in [1.29, 1.82) is 0 Å². The van der Waals surface area contributed by atoms with Crippen LogP contribution < -0.4 is 5.32 Å². The van der Waals surface area contributed by atoms with Crippen LogP contribution in [-0.4, -0.2) is 21.7 Å². The van der Waals surface area contributed by atoms with Crippen LogP contribution in [0.3, 0.4) is 0 Å². The molecule has 1 aliphatic carbocycles. The Bertz CT molecular complexity index is 496. The highest BCUT2D eigenvalue weighted by molar-refractivity contribution is 9.09. The van der Waals surface area contributed by atoms with Crippen LogP contribution in [0.15, 0.2) is 24.3 Å². The van der Waals surface area contributed by atoms with E-state index in [1.54, 1.807) is 0 Å². The molecular weight excluding hydrogens is 324 g/mol. The Morgan fingerprint density at radius 1 is 1.25 bits per heavy atom. The Balaban J connectivity index is 2.08. The summed E-state index contributed by atoms with van der Waals surface area (Å²) in [5.74, 6) is -0.166. The maximum atomic E-state index is 12.3. The van der Waals surface area contributed by atoms with Crippen molar-refractivity contribution >= 4 is 27.5 Å². The van der Waals surface area contributed by atoms with E-state index in [-0.39, 0.29) is 17.1 Å². The summed E-state index contributed by atoms with van der Waals surface area (Å²) in [6.45, 7) is 0. The molecule has 0 atom stereocenters. The average Bonchev–Trinajstić information content (AvgIpc) is 2.48. The molecule has 108 valence electrons. The molecule has 2 rings (SSSR count). The first-order chi connectivity index (χ1) is 9.56. The molecule has 0 heterocycles.